The van der Waals surface area contributed by atoms with E-state index in [0.29, 0.717) is 11.6 Å². The Morgan fingerprint density at radius 2 is 1.70 bits per heavy atom. The van der Waals surface area contributed by atoms with Gasteiger partial charge in [-0.1, -0.05) is 60.3 Å². The Morgan fingerprint density at radius 3 is 2.33 bits per heavy atom. The number of carbonyl (C=O) groups excluding carboxylic acids is 2. The molecule has 2 aromatic carbocycles. The molecule has 0 fully saturated rings. The Hall–Kier alpha value is -3.13. The molecule has 0 spiro atoms. The summed E-state index contributed by atoms with van der Waals surface area (Å²) in [6, 6.07) is 18.8. The molecule has 3 aromatic rings. The van der Waals surface area contributed by atoms with Gasteiger partial charge in [0, 0.05) is 12.1 Å². The van der Waals surface area contributed by atoms with E-state index in [0.717, 1.165) is 17.1 Å². The summed E-state index contributed by atoms with van der Waals surface area (Å²) in [5.74, 6) is 0.289. The van der Waals surface area contributed by atoms with Crippen molar-refractivity contribution in [1.29, 1.82) is 0 Å². The zero-order chi connectivity index (χ0) is 19.2. The molecular formula is C19H19N5O2S. The monoisotopic (exact) mass is 381 g/mol. The van der Waals surface area contributed by atoms with Crippen LogP contribution in [0.2, 0.25) is 0 Å². The summed E-state index contributed by atoms with van der Waals surface area (Å²) in [5.41, 5.74) is 7.03. The number of urea groups is 1. The smallest absolute Gasteiger partial charge is 0.318 e. The van der Waals surface area contributed by atoms with E-state index in [1.165, 1.54) is 11.8 Å². The van der Waals surface area contributed by atoms with Crippen molar-refractivity contribution in [2.24, 2.45) is 5.73 Å². The van der Waals surface area contributed by atoms with E-state index >= 15 is 0 Å². The zero-order valence-corrected chi connectivity index (χ0v) is 15.5. The summed E-state index contributed by atoms with van der Waals surface area (Å²) in [4.78, 5) is 22.9. The zero-order valence-electron chi connectivity index (χ0n) is 14.7. The van der Waals surface area contributed by atoms with Crippen LogP contribution in [0.1, 0.15) is 18.3 Å². The number of aromatic nitrogens is 3. The van der Waals surface area contributed by atoms with Crippen molar-refractivity contribution in [3.8, 4) is 5.69 Å². The Morgan fingerprint density at radius 1 is 1.07 bits per heavy atom. The third-order valence-electron chi connectivity index (χ3n) is 3.82. The standard InChI is InChI=1S/C19H19N5O2S/c1-13(17(25)21-18(20)26)27-19-23-22-16(12-14-8-4-2-5-9-14)24(19)15-10-6-3-7-11-15/h2-11,13H,12H2,1H3,(H3,20,21,25,26). The topological polar surface area (TPSA) is 103 Å². The molecule has 138 valence electrons. The Labute approximate surface area is 161 Å². The van der Waals surface area contributed by atoms with Crippen molar-refractivity contribution in [2.45, 2.75) is 23.8 Å². The van der Waals surface area contributed by atoms with Crippen LogP contribution in [0.5, 0.6) is 0 Å². The van der Waals surface area contributed by atoms with E-state index in [1.54, 1.807) is 6.92 Å². The second kappa shape index (κ2) is 8.50. The molecule has 0 aliphatic heterocycles. The molecule has 27 heavy (non-hydrogen) atoms. The van der Waals surface area contributed by atoms with Crippen molar-refractivity contribution >= 4 is 23.7 Å². The van der Waals surface area contributed by atoms with Gasteiger partial charge in [0.15, 0.2) is 5.16 Å². The van der Waals surface area contributed by atoms with Gasteiger partial charge in [0.05, 0.1) is 5.25 Å². The van der Waals surface area contributed by atoms with Crippen molar-refractivity contribution in [3.05, 3.63) is 72.1 Å². The van der Waals surface area contributed by atoms with Crippen LogP contribution in [-0.2, 0) is 11.2 Å². The lowest BCUT2D eigenvalue weighted by Gasteiger charge is -2.13. The van der Waals surface area contributed by atoms with Gasteiger partial charge in [0.25, 0.3) is 0 Å². The van der Waals surface area contributed by atoms with Crippen LogP contribution in [0.25, 0.3) is 5.69 Å². The number of nitrogens with zero attached hydrogens (tertiary/aromatic N) is 3. The van der Waals surface area contributed by atoms with Gasteiger partial charge in [-0.15, -0.1) is 10.2 Å². The van der Waals surface area contributed by atoms with Gasteiger partial charge in [-0.25, -0.2) is 4.79 Å². The maximum absolute atomic E-state index is 12.0. The molecule has 1 atom stereocenters. The third-order valence-corrected chi connectivity index (χ3v) is 4.86. The SMILES string of the molecule is CC(Sc1nnc(Cc2ccccc2)n1-c1ccccc1)C(=O)NC(N)=O. The van der Waals surface area contributed by atoms with Crippen LogP contribution in [0.4, 0.5) is 4.79 Å². The summed E-state index contributed by atoms with van der Waals surface area (Å²) in [7, 11) is 0. The minimum absolute atomic E-state index is 0.472. The number of hydrogen-bond donors (Lipinski definition) is 2. The molecule has 3 rings (SSSR count). The lowest BCUT2D eigenvalue weighted by atomic mass is 10.1. The number of thioether (sulfide) groups is 1. The van der Waals surface area contributed by atoms with E-state index < -0.39 is 17.2 Å². The molecule has 0 aliphatic rings. The fourth-order valence-electron chi connectivity index (χ4n) is 2.54. The number of benzene rings is 2. The average Bonchev–Trinajstić information content (AvgIpc) is 3.04. The first-order valence-corrected chi connectivity index (χ1v) is 9.23. The highest BCUT2D eigenvalue weighted by Gasteiger charge is 2.22. The number of amides is 3. The maximum Gasteiger partial charge on any atom is 0.318 e. The Kier molecular flexibility index (Phi) is 5.87. The maximum atomic E-state index is 12.0. The van der Waals surface area contributed by atoms with Gasteiger partial charge in [0.2, 0.25) is 5.91 Å². The number of carbonyl (C=O) groups is 2. The summed E-state index contributed by atoms with van der Waals surface area (Å²) in [6.07, 6.45) is 0.602. The van der Waals surface area contributed by atoms with E-state index in [4.69, 9.17) is 5.73 Å². The molecule has 0 saturated heterocycles. The van der Waals surface area contributed by atoms with E-state index in [2.05, 4.69) is 15.5 Å². The predicted octanol–water partition coefficient (Wildman–Crippen LogP) is 2.53. The van der Waals surface area contributed by atoms with Crippen molar-refractivity contribution in [2.75, 3.05) is 0 Å². The summed E-state index contributed by atoms with van der Waals surface area (Å²) < 4.78 is 1.92. The predicted molar refractivity (Wildman–Crippen MR) is 104 cm³/mol. The number of nitrogens with one attached hydrogen (secondary N) is 1. The normalized spacial score (nSPS) is 11.7. The fourth-order valence-corrected chi connectivity index (χ4v) is 3.43. The highest BCUT2D eigenvalue weighted by molar-refractivity contribution is 8.00. The first-order valence-electron chi connectivity index (χ1n) is 8.35. The van der Waals surface area contributed by atoms with Crippen LogP contribution in [0.3, 0.4) is 0 Å². The molecule has 1 unspecified atom stereocenters. The number of imide groups is 1. The van der Waals surface area contributed by atoms with Crippen LogP contribution in [0, 0.1) is 0 Å². The molecular weight excluding hydrogens is 362 g/mol. The average molecular weight is 381 g/mol. The van der Waals surface area contributed by atoms with E-state index in [-0.39, 0.29) is 0 Å². The third kappa shape index (κ3) is 4.73. The molecule has 0 radical (unpaired) electrons. The Balaban J connectivity index is 1.92. The minimum atomic E-state index is -0.873. The van der Waals surface area contributed by atoms with Gasteiger partial charge in [0.1, 0.15) is 5.82 Å². The second-order valence-corrected chi connectivity index (χ2v) is 7.15. The van der Waals surface area contributed by atoms with Gasteiger partial charge in [-0.2, -0.15) is 0 Å². The second-order valence-electron chi connectivity index (χ2n) is 5.85. The van der Waals surface area contributed by atoms with Gasteiger partial charge in [-0.3, -0.25) is 14.7 Å². The van der Waals surface area contributed by atoms with Gasteiger partial charge < -0.3 is 5.73 Å². The largest absolute Gasteiger partial charge is 0.351 e. The van der Waals surface area contributed by atoms with Gasteiger partial charge >= 0.3 is 6.03 Å². The quantitative estimate of drug-likeness (QED) is 0.639. The first-order chi connectivity index (χ1) is 13.0. The van der Waals surface area contributed by atoms with Crippen LogP contribution < -0.4 is 11.1 Å². The molecule has 8 heteroatoms. The number of primary amides is 1. The summed E-state index contributed by atoms with van der Waals surface area (Å²) >= 11 is 1.22. The lowest BCUT2D eigenvalue weighted by Crippen LogP contribution is -2.39. The van der Waals surface area contributed by atoms with E-state index in [1.807, 2.05) is 65.2 Å². The molecule has 1 aromatic heterocycles. The number of nitrogens with two attached hydrogens (primary N) is 1. The molecule has 7 nitrogen and oxygen atoms in total. The number of rotatable bonds is 6. The Bertz CT molecular complexity index is 928. The highest BCUT2D eigenvalue weighted by atomic mass is 32.2. The molecule has 3 N–H and O–H groups in total. The molecule has 3 amide bonds. The number of hydrogen-bond acceptors (Lipinski definition) is 5. The van der Waals surface area contributed by atoms with Gasteiger partial charge in [-0.05, 0) is 24.6 Å². The van der Waals surface area contributed by atoms with Crippen molar-refractivity contribution in [1.82, 2.24) is 20.1 Å². The van der Waals surface area contributed by atoms with Crippen molar-refractivity contribution < 1.29 is 9.59 Å². The molecule has 1 heterocycles. The van der Waals surface area contributed by atoms with Crippen molar-refractivity contribution in [3.63, 3.8) is 0 Å². The van der Waals surface area contributed by atoms with E-state index in [9.17, 15) is 9.59 Å². The minimum Gasteiger partial charge on any atom is -0.351 e. The summed E-state index contributed by atoms with van der Waals surface area (Å²) in [5, 5.41) is 10.7. The number of para-hydroxylation sites is 1. The molecule has 0 saturated carbocycles. The molecule has 0 bridgehead atoms. The highest BCUT2D eigenvalue weighted by Crippen LogP contribution is 2.26. The van der Waals surface area contributed by atoms with Crippen LogP contribution >= 0.6 is 11.8 Å². The fraction of sp³-hybridized carbons (Fsp3) is 0.158. The summed E-state index contributed by atoms with van der Waals surface area (Å²) in [6.45, 7) is 1.68. The molecule has 0 aliphatic carbocycles. The lowest BCUT2D eigenvalue weighted by molar-refractivity contribution is -0.119. The van der Waals surface area contributed by atoms with Crippen LogP contribution in [0.15, 0.2) is 65.8 Å². The van der Waals surface area contributed by atoms with Crippen LogP contribution in [-0.4, -0.2) is 32.0 Å². The first kappa shape index (κ1) is 18.7.